The Morgan fingerprint density at radius 1 is 0.889 bits per heavy atom. The molecule has 18 heavy (non-hydrogen) atoms. The smallest absolute Gasteiger partial charge is 0.0572 e. The van der Waals surface area contributed by atoms with Gasteiger partial charge in [-0.25, -0.2) is 0 Å². The fourth-order valence-corrected chi connectivity index (χ4v) is 2.32. The van der Waals surface area contributed by atoms with Crippen molar-refractivity contribution in [2.75, 3.05) is 13.2 Å². The summed E-state index contributed by atoms with van der Waals surface area (Å²) in [6.07, 6.45) is 4.04. The van der Waals surface area contributed by atoms with Gasteiger partial charge >= 0.3 is 0 Å². The molecule has 2 unspecified atom stereocenters. The van der Waals surface area contributed by atoms with Crippen molar-refractivity contribution in [2.24, 2.45) is 11.3 Å². The molecular weight excluding hydrogens is 224 g/mol. The Balaban J connectivity index is 3.45. The number of hydrogen-bond acceptors (Lipinski definition) is 2. The van der Waals surface area contributed by atoms with Gasteiger partial charge in [0.2, 0.25) is 0 Å². The summed E-state index contributed by atoms with van der Waals surface area (Å²) < 4.78 is 11.4. The SMILES string of the molecule is CC(CCOCCC(C)OC(C)C)CC(C)(C)C. The van der Waals surface area contributed by atoms with E-state index in [0.717, 1.165) is 32.0 Å². The van der Waals surface area contributed by atoms with Crippen molar-refractivity contribution in [3.8, 4) is 0 Å². The average molecular weight is 258 g/mol. The van der Waals surface area contributed by atoms with Crippen molar-refractivity contribution in [1.82, 2.24) is 0 Å². The van der Waals surface area contributed by atoms with Crippen LogP contribution in [0.1, 0.15) is 67.7 Å². The number of hydrogen-bond donors (Lipinski definition) is 0. The summed E-state index contributed by atoms with van der Waals surface area (Å²) in [5.74, 6) is 0.745. The van der Waals surface area contributed by atoms with Gasteiger partial charge in [-0.15, -0.1) is 0 Å². The molecule has 0 spiro atoms. The topological polar surface area (TPSA) is 18.5 Å². The van der Waals surface area contributed by atoms with E-state index in [2.05, 4.69) is 48.5 Å². The van der Waals surface area contributed by atoms with Crippen LogP contribution in [0, 0.1) is 11.3 Å². The van der Waals surface area contributed by atoms with E-state index in [-0.39, 0.29) is 0 Å². The highest BCUT2D eigenvalue weighted by atomic mass is 16.5. The third-order valence-corrected chi connectivity index (χ3v) is 2.89. The van der Waals surface area contributed by atoms with E-state index in [1.54, 1.807) is 0 Å². The third kappa shape index (κ3) is 12.4. The molecule has 0 aliphatic carbocycles. The second-order valence-corrected chi connectivity index (χ2v) is 7.06. The standard InChI is InChI=1S/C16H34O2/c1-13(2)18-15(4)9-11-17-10-8-14(3)12-16(5,6)7/h13-15H,8-12H2,1-7H3. The zero-order valence-corrected chi connectivity index (χ0v) is 13.6. The van der Waals surface area contributed by atoms with Gasteiger partial charge in [-0.2, -0.15) is 0 Å². The van der Waals surface area contributed by atoms with Gasteiger partial charge in [0.1, 0.15) is 0 Å². The summed E-state index contributed by atoms with van der Waals surface area (Å²) in [5.41, 5.74) is 0.430. The molecule has 0 saturated carbocycles. The van der Waals surface area contributed by atoms with Crippen LogP contribution in [-0.4, -0.2) is 25.4 Å². The van der Waals surface area contributed by atoms with Crippen molar-refractivity contribution >= 4 is 0 Å². The molecule has 0 aromatic heterocycles. The Bertz CT molecular complexity index is 194. The molecule has 2 atom stereocenters. The summed E-state index contributed by atoms with van der Waals surface area (Å²) in [5, 5.41) is 0. The zero-order valence-electron chi connectivity index (χ0n) is 13.6. The van der Waals surface area contributed by atoms with Crippen molar-refractivity contribution in [3.05, 3.63) is 0 Å². The molecule has 0 heterocycles. The lowest BCUT2D eigenvalue weighted by Gasteiger charge is -2.23. The van der Waals surface area contributed by atoms with Crippen molar-refractivity contribution in [2.45, 2.75) is 79.9 Å². The van der Waals surface area contributed by atoms with Crippen molar-refractivity contribution < 1.29 is 9.47 Å². The normalized spacial score (nSPS) is 16.0. The minimum atomic E-state index is 0.303. The molecule has 0 fully saturated rings. The van der Waals surface area contributed by atoms with Crippen LogP contribution >= 0.6 is 0 Å². The number of rotatable bonds is 9. The second-order valence-electron chi connectivity index (χ2n) is 7.06. The molecule has 0 rings (SSSR count). The Kier molecular flexibility index (Phi) is 8.89. The van der Waals surface area contributed by atoms with E-state index in [1.807, 2.05) is 0 Å². The molecule has 0 aliphatic rings. The molecule has 0 bridgehead atoms. The van der Waals surface area contributed by atoms with Gasteiger partial charge < -0.3 is 9.47 Å². The van der Waals surface area contributed by atoms with Gasteiger partial charge in [0, 0.05) is 13.2 Å². The first kappa shape index (κ1) is 17.9. The van der Waals surface area contributed by atoms with E-state index < -0.39 is 0 Å². The molecule has 0 saturated heterocycles. The predicted molar refractivity (Wildman–Crippen MR) is 79.0 cm³/mol. The maximum Gasteiger partial charge on any atom is 0.0572 e. The predicted octanol–water partition coefficient (Wildman–Crippen LogP) is 4.67. The van der Waals surface area contributed by atoms with Gasteiger partial charge in [0.15, 0.2) is 0 Å². The largest absolute Gasteiger partial charge is 0.381 e. The van der Waals surface area contributed by atoms with Gasteiger partial charge in [-0.1, -0.05) is 27.7 Å². The van der Waals surface area contributed by atoms with E-state index in [1.165, 1.54) is 6.42 Å². The van der Waals surface area contributed by atoms with Crippen LogP contribution < -0.4 is 0 Å². The molecule has 2 nitrogen and oxygen atoms in total. The van der Waals surface area contributed by atoms with E-state index in [0.29, 0.717) is 17.6 Å². The minimum absolute atomic E-state index is 0.303. The Hall–Kier alpha value is -0.0800. The Morgan fingerprint density at radius 3 is 1.94 bits per heavy atom. The molecule has 0 aliphatic heterocycles. The molecule has 0 aromatic carbocycles. The molecule has 0 amide bonds. The van der Waals surface area contributed by atoms with Crippen LogP contribution in [0.25, 0.3) is 0 Å². The molecule has 2 heteroatoms. The monoisotopic (exact) mass is 258 g/mol. The first-order valence-corrected chi connectivity index (χ1v) is 7.44. The summed E-state index contributed by atoms with van der Waals surface area (Å²) >= 11 is 0. The van der Waals surface area contributed by atoms with Crippen LogP contribution in [0.2, 0.25) is 0 Å². The molecule has 0 N–H and O–H groups in total. The highest BCUT2D eigenvalue weighted by Crippen LogP contribution is 2.25. The first-order chi connectivity index (χ1) is 8.20. The molecule has 110 valence electrons. The maximum atomic E-state index is 5.69. The Morgan fingerprint density at radius 2 is 1.44 bits per heavy atom. The van der Waals surface area contributed by atoms with Crippen molar-refractivity contribution in [3.63, 3.8) is 0 Å². The summed E-state index contributed by atoms with van der Waals surface area (Å²) in [6.45, 7) is 17.2. The maximum absolute atomic E-state index is 5.69. The minimum Gasteiger partial charge on any atom is -0.381 e. The van der Waals surface area contributed by atoms with Crippen LogP contribution in [-0.2, 0) is 9.47 Å². The third-order valence-electron chi connectivity index (χ3n) is 2.89. The molecule has 0 radical (unpaired) electrons. The van der Waals surface area contributed by atoms with Gasteiger partial charge in [-0.3, -0.25) is 0 Å². The highest BCUT2D eigenvalue weighted by Gasteiger charge is 2.14. The fourth-order valence-electron chi connectivity index (χ4n) is 2.32. The lowest BCUT2D eigenvalue weighted by molar-refractivity contribution is -0.00443. The fraction of sp³-hybridized carbons (Fsp3) is 1.00. The van der Waals surface area contributed by atoms with Gasteiger partial charge in [0.25, 0.3) is 0 Å². The van der Waals surface area contributed by atoms with Crippen LogP contribution in [0.15, 0.2) is 0 Å². The summed E-state index contributed by atoms with van der Waals surface area (Å²) in [6, 6.07) is 0. The lowest BCUT2D eigenvalue weighted by atomic mass is 9.84. The van der Waals surface area contributed by atoms with Gasteiger partial charge in [-0.05, 0) is 51.4 Å². The summed E-state index contributed by atoms with van der Waals surface area (Å²) in [7, 11) is 0. The Labute approximate surface area is 114 Å². The second kappa shape index (κ2) is 8.92. The van der Waals surface area contributed by atoms with E-state index >= 15 is 0 Å². The lowest BCUT2D eigenvalue weighted by Crippen LogP contribution is -2.17. The van der Waals surface area contributed by atoms with Gasteiger partial charge in [0.05, 0.1) is 12.2 Å². The highest BCUT2D eigenvalue weighted by molar-refractivity contribution is 4.66. The van der Waals surface area contributed by atoms with Crippen LogP contribution in [0.5, 0.6) is 0 Å². The number of ether oxygens (including phenoxy) is 2. The summed E-state index contributed by atoms with van der Waals surface area (Å²) in [4.78, 5) is 0. The average Bonchev–Trinajstić information content (AvgIpc) is 2.12. The van der Waals surface area contributed by atoms with Crippen molar-refractivity contribution in [1.29, 1.82) is 0 Å². The quantitative estimate of drug-likeness (QED) is 0.560. The first-order valence-electron chi connectivity index (χ1n) is 7.44. The zero-order chi connectivity index (χ0) is 14.2. The van der Waals surface area contributed by atoms with E-state index in [9.17, 15) is 0 Å². The molecular formula is C16H34O2. The van der Waals surface area contributed by atoms with Crippen LogP contribution in [0.4, 0.5) is 0 Å². The van der Waals surface area contributed by atoms with Crippen LogP contribution in [0.3, 0.4) is 0 Å². The van der Waals surface area contributed by atoms with E-state index in [4.69, 9.17) is 9.47 Å². The molecule has 0 aromatic rings.